The molecule has 0 saturated heterocycles. The molecule has 2 aromatic carbocycles. The predicted octanol–water partition coefficient (Wildman–Crippen LogP) is 4.59. The van der Waals surface area contributed by atoms with Gasteiger partial charge in [-0.2, -0.15) is 0 Å². The number of anilines is 1. The third-order valence-corrected chi connectivity index (χ3v) is 4.30. The number of carbonyl (C=O) groups excluding carboxylic acids is 1. The zero-order chi connectivity index (χ0) is 15.6. The molecule has 3 N–H and O–H groups in total. The highest BCUT2D eigenvalue weighted by Crippen LogP contribution is 2.24. The lowest BCUT2D eigenvalue weighted by atomic mass is 10.0. The molecule has 0 spiro atoms. The SMILES string of the molecule is Cc1c(N)cc(Br)cc1C(=O)NC(C)c1cccc(Br)c1. The Morgan fingerprint density at radius 1 is 1.19 bits per heavy atom. The highest BCUT2D eigenvalue weighted by Gasteiger charge is 2.15. The highest BCUT2D eigenvalue weighted by molar-refractivity contribution is 9.10. The number of carbonyl (C=O) groups is 1. The Balaban J connectivity index is 2.22. The number of nitrogens with two attached hydrogens (primary N) is 1. The Hall–Kier alpha value is -1.33. The van der Waals surface area contributed by atoms with Crippen LogP contribution in [0, 0.1) is 6.92 Å². The maximum atomic E-state index is 12.4. The van der Waals surface area contributed by atoms with E-state index in [9.17, 15) is 4.79 Å². The summed E-state index contributed by atoms with van der Waals surface area (Å²) in [6, 6.07) is 11.4. The minimum absolute atomic E-state index is 0.0883. The van der Waals surface area contributed by atoms with Gasteiger partial charge in [-0.1, -0.05) is 44.0 Å². The quantitative estimate of drug-likeness (QED) is 0.725. The largest absolute Gasteiger partial charge is 0.398 e. The minimum atomic E-state index is -0.132. The van der Waals surface area contributed by atoms with Crippen LogP contribution in [0.25, 0.3) is 0 Å². The van der Waals surface area contributed by atoms with Gasteiger partial charge < -0.3 is 11.1 Å². The summed E-state index contributed by atoms with van der Waals surface area (Å²) in [5, 5.41) is 3.00. The number of nitrogens with one attached hydrogen (secondary N) is 1. The van der Waals surface area contributed by atoms with Gasteiger partial charge in [0.1, 0.15) is 0 Å². The van der Waals surface area contributed by atoms with Gasteiger partial charge in [0.25, 0.3) is 5.91 Å². The topological polar surface area (TPSA) is 55.1 Å². The molecule has 0 bridgehead atoms. The molecular weight excluding hydrogens is 396 g/mol. The van der Waals surface area contributed by atoms with Gasteiger partial charge in [0.2, 0.25) is 0 Å². The van der Waals surface area contributed by atoms with E-state index in [-0.39, 0.29) is 11.9 Å². The molecule has 3 nitrogen and oxygen atoms in total. The number of amides is 1. The Morgan fingerprint density at radius 3 is 2.57 bits per heavy atom. The zero-order valence-electron chi connectivity index (χ0n) is 11.8. The van der Waals surface area contributed by atoms with Gasteiger partial charge in [-0.05, 0) is 49.2 Å². The predicted molar refractivity (Wildman–Crippen MR) is 93.3 cm³/mol. The molecule has 5 heteroatoms. The average Bonchev–Trinajstić information content (AvgIpc) is 2.42. The summed E-state index contributed by atoms with van der Waals surface area (Å²) < 4.78 is 1.79. The van der Waals surface area contributed by atoms with Crippen molar-refractivity contribution in [3.8, 4) is 0 Å². The van der Waals surface area contributed by atoms with Crippen LogP contribution in [0.3, 0.4) is 0 Å². The maximum Gasteiger partial charge on any atom is 0.252 e. The lowest BCUT2D eigenvalue weighted by Crippen LogP contribution is -2.27. The first kappa shape index (κ1) is 16.0. The van der Waals surface area contributed by atoms with Crippen molar-refractivity contribution in [1.82, 2.24) is 5.32 Å². The molecular formula is C16H16Br2N2O. The van der Waals surface area contributed by atoms with E-state index in [1.807, 2.05) is 38.1 Å². The van der Waals surface area contributed by atoms with Crippen molar-refractivity contribution < 1.29 is 4.79 Å². The molecule has 0 aromatic heterocycles. The monoisotopic (exact) mass is 410 g/mol. The van der Waals surface area contributed by atoms with E-state index in [0.29, 0.717) is 11.3 Å². The van der Waals surface area contributed by atoms with Gasteiger partial charge in [-0.25, -0.2) is 0 Å². The average molecular weight is 412 g/mol. The van der Waals surface area contributed by atoms with Crippen LogP contribution in [0.15, 0.2) is 45.3 Å². The third-order valence-electron chi connectivity index (χ3n) is 3.35. The molecule has 1 atom stereocenters. The molecule has 0 fully saturated rings. The fourth-order valence-corrected chi connectivity index (χ4v) is 2.96. The number of benzene rings is 2. The fraction of sp³-hybridized carbons (Fsp3) is 0.188. The van der Waals surface area contributed by atoms with Crippen LogP contribution in [0.2, 0.25) is 0 Å². The van der Waals surface area contributed by atoms with Crippen molar-refractivity contribution in [2.75, 3.05) is 5.73 Å². The van der Waals surface area contributed by atoms with E-state index in [0.717, 1.165) is 20.1 Å². The Kier molecular flexibility index (Phi) is 5.06. The summed E-state index contributed by atoms with van der Waals surface area (Å²) in [6.45, 7) is 3.80. The zero-order valence-corrected chi connectivity index (χ0v) is 15.0. The fourth-order valence-electron chi connectivity index (χ4n) is 2.07. The van der Waals surface area contributed by atoms with E-state index in [4.69, 9.17) is 5.73 Å². The molecule has 0 saturated carbocycles. The van der Waals surface area contributed by atoms with Crippen molar-refractivity contribution in [3.63, 3.8) is 0 Å². The van der Waals surface area contributed by atoms with Gasteiger partial charge in [0, 0.05) is 20.2 Å². The third kappa shape index (κ3) is 3.86. The van der Waals surface area contributed by atoms with Crippen LogP contribution in [-0.4, -0.2) is 5.91 Å². The summed E-state index contributed by atoms with van der Waals surface area (Å²) in [4.78, 5) is 12.4. The van der Waals surface area contributed by atoms with Crippen molar-refractivity contribution >= 4 is 43.5 Å². The summed E-state index contributed by atoms with van der Waals surface area (Å²) in [6.07, 6.45) is 0. The molecule has 2 aromatic rings. The Labute approximate surface area is 141 Å². The first-order valence-corrected chi connectivity index (χ1v) is 8.09. The normalized spacial score (nSPS) is 12.0. The van der Waals surface area contributed by atoms with Crippen LogP contribution < -0.4 is 11.1 Å². The van der Waals surface area contributed by atoms with Crippen molar-refractivity contribution in [2.45, 2.75) is 19.9 Å². The van der Waals surface area contributed by atoms with Gasteiger partial charge in [-0.3, -0.25) is 4.79 Å². The van der Waals surface area contributed by atoms with Crippen LogP contribution in [-0.2, 0) is 0 Å². The number of hydrogen-bond donors (Lipinski definition) is 2. The smallest absolute Gasteiger partial charge is 0.252 e. The summed E-state index contributed by atoms with van der Waals surface area (Å²) >= 11 is 6.81. The van der Waals surface area contributed by atoms with E-state index >= 15 is 0 Å². The van der Waals surface area contributed by atoms with Gasteiger partial charge >= 0.3 is 0 Å². The first-order valence-electron chi connectivity index (χ1n) is 6.50. The lowest BCUT2D eigenvalue weighted by Gasteiger charge is -2.16. The van der Waals surface area contributed by atoms with Crippen molar-refractivity contribution in [3.05, 3.63) is 62.0 Å². The summed E-state index contributed by atoms with van der Waals surface area (Å²) in [7, 11) is 0. The van der Waals surface area contributed by atoms with Gasteiger partial charge in [0.05, 0.1) is 6.04 Å². The molecule has 1 unspecified atom stereocenters. The highest BCUT2D eigenvalue weighted by atomic mass is 79.9. The molecule has 0 aliphatic heterocycles. The Bertz CT molecular complexity index is 686. The number of hydrogen-bond acceptors (Lipinski definition) is 2. The second-order valence-electron chi connectivity index (χ2n) is 4.92. The lowest BCUT2D eigenvalue weighted by molar-refractivity contribution is 0.0939. The number of rotatable bonds is 3. The molecule has 0 aliphatic carbocycles. The molecule has 21 heavy (non-hydrogen) atoms. The molecule has 0 heterocycles. The van der Waals surface area contributed by atoms with Gasteiger partial charge in [0.15, 0.2) is 0 Å². The van der Waals surface area contributed by atoms with Crippen LogP contribution in [0.1, 0.15) is 34.5 Å². The molecule has 110 valence electrons. The van der Waals surface area contributed by atoms with Crippen LogP contribution >= 0.6 is 31.9 Å². The molecule has 0 aliphatic rings. The van der Waals surface area contributed by atoms with Crippen molar-refractivity contribution in [2.24, 2.45) is 0 Å². The van der Waals surface area contributed by atoms with E-state index in [1.165, 1.54) is 0 Å². The molecule has 1 amide bonds. The maximum absolute atomic E-state index is 12.4. The second kappa shape index (κ2) is 6.62. The second-order valence-corrected chi connectivity index (χ2v) is 6.75. The number of nitrogen functional groups attached to an aromatic ring is 1. The van der Waals surface area contributed by atoms with E-state index < -0.39 is 0 Å². The molecule has 0 radical (unpaired) electrons. The van der Waals surface area contributed by atoms with Crippen LogP contribution in [0.4, 0.5) is 5.69 Å². The van der Waals surface area contributed by atoms with E-state index in [2.05, 4.69) is 37.2 Å². The number of halogens is 2. The van der Waals surface area contributed by atoms with Gasteiger partial charge in [-0.15, -0.1) is 0 Å². The summed E-state index contributed by atoms with van der Waals surface area (Å²) in [5.41, 5.74) is 8.92. The first-order chi connectivity index (χ1) is 9.88. The summed E-state index contributed by atoms with van der Waals surface area (Å²) in [5.74, 6) is -0.132. The molecule has 2 rings (SSSR count). The van der Waals surface area contributed by atoms with Crippen LogP contribution in [0.5, 0.6) is 0 Å². The van der Waals surface area contributed by atoms with E-state index in [1.54, 1.807) is 12.1 Å². The standard InChI is InChI=1S/C16H16Br2N2O/c1-9-14(7-13(18)8-15(9)19)16(21)20-10(2)11-4-3-5-12(17)6-11/h3-8,10H,19H2,1-2H3,(H,20,21). The van der Waals surface area contributed by atoms with Crippen molar-refractivity contribution in [1.29, 1.82) is 0 Å². The Morgan fingerprint density at radius 2 is 1.90 bits per heavy atom. The minimum Gasteiger partial charge on any atom is -0.398 e.